The van der Waals surface area contributed by atoms with Crippen molar-refractivity contribution in [1.29, 1.82) is 0 Å². The van der Waals surface area contributed by atoms with Crippen molar-refractivity contribution in [3.8, 4) is 11.6 Å². The number of hydrogen-bond acceptors (Lipinski definition) is 10. The van der Waals surface area contributed by atoms with Crippen LogP contribution in [0.2, 0.25) is 0 Å². The van der Waals surface area contributed by atoms with Crippen LogP contribution in [0.1, 0.15) is 5.56 Å². The van der Waals surface area contributed by atoms with Crippen LogP contribution < -0.4 is 31.1 Å². The average Bonchev–Trinajstić information content (AvgIpc) is 3.30. The van der Waals surface area contributed by atoms with Gasteiger partial charge in [0.2, 0.25) is 11.8 Å². The topological polar surface area (TPSA) is 119 Å². The zero-order chi connectivity index (χ0) is 22.6. The van der Waals surface area contributed by atoms with Gasteiger partial charge in [-0.2, -0.15) is 9.97 Å². The SMILES string of the molecule is N/C(=C\N(N)c1ccccc1)N1CCc2c(Oc3cccnc3)nc(N3CCOCC3)nc21. The van der Waals surface area contributed by atoms with Crippen LogP contribution in [0.3, 0.4) is 0 Å². The van der Waals surface area contributed by atoms with Crippen molar-refractivity contribution < 1.29 is 9.47 Å². The van der Waals surface area contributed by atoms with E-state index in [1.807, 2.05) is 47.4 Å². The van der Waals surface area contributed by atoms with Crippen LogP contribution in [0.15, 0.2) is 66.9 Å². The summed E-state index contributed by atoms with van der Waals surface area (Å²) in [4.78, 5) is 17.8. The van der Waals surface area contributed by atoms with Crippen molar-refractivity contribution in [2.45, 2.75) is 6.42 Å². The second-order valence-electron chi connectivity index (χ2n) is 7.72. The predicted molar refractivity (Wildman–Crippen MR) is 126 cm³/mol. The molecule has 3 aromatic rings. The van der Waals surface area contributed by atoms with Gasteiger partial charge in [0.05, 0.1) is 36.9 Å². The van der Waals surface area contributed by atoms with Crippen LogP contribution in [0.25, 0.3) is 0 Å². The Labute approximate surface area is 192 Å². The molecule has 0 unspecified atom stereocenters. The summed E-state index contributed by atoms with van der Waals surface area (Å²) in [5.74, 6) is 9.15. The molecule has 10 nitrogen and oxygen atoms in total. The molecule has 5 rings (SSSR count). The maximum Gasteiger partial charge on any atom is 0.230 e. The molecule has 170 valence electrons. The van der Waals surface area contributed by atoms with E-state index in [0.717, 1.165) is 17.1 Å². The first-order valence-corrected chi connectivity index (χ1v) is 10.8. The van der Waals surface area contributed by atoms with E-state index < -0.39 is 0 Å². The number of morpholine rings is 1. The molecule has 2 aliphatic rings. The Morgan fingerprint density at radius 1 is 1.06 bits per heavy atom. The summed E-state index contributed by atoms with van der Waals surface area (Å²) in [5, 5.41) is 1.50. The molecule has 1 aromatic carbocycles. The van der Waals surface area contributed by atoms with Gasteiger partial charge in [-0.3, -0.25) is 9.99 Å². The Kier molecular flexibility index (Phi) is 5.92. The van der Waals surface area contributed by atoms with Crippen LogP contribution in [-0.2, 0) is 11.2 Å². The van der Waals surface area contributed by atoms with Gasteiger partial charge in [-0.25, -0.2) is 5.84 Å². The van der Waals surface area contributed by atoms with Crippen LogP contribution in [0.4, 0.5) is 17.5 Å². The first-order valence-electron chi connectivity index (χ1n) is 10.8. The number of fused-ring (bicyclic) bond motifs is 1. The van der Waals surface area contributed by atoms with E-state index >= 15 is 0 Å². The normalized spacial score (nSPS) is 16.0. The molecule has 1 saturated heterocycles. The summed E-state index contributed by atoms with van der Waals surface area (Å²) in [6, 6.07) is 13.3. The molecule has 0 bridgehead atoms. The molecule has 0 radical (unpaired) electrons. The van der Waals surface area contributed by atoms with Crippen LogP contribution >= 0.6 is 0 Å². The summed E-state index contributed by atoms with van der Waals surface area (Å²) < 4.78 is 11.6. The molecule has 0 aliphatic carbocycles. The molecule has 0 amide bonds. The number of aromatic nitrogens is 3. The van der Waals surface area contributed by atoms with Gasteiger partial charge in [0, 0.05) is 25.8 Å². The zero-order valence-corrected chi connectivity index (χ0v) is 18.2. The van der Waals surface area contributed by atoms with Crippen LogP contribution in [-0.4, -0.2) is 47.8 Å². The van der Waals surface area contributed by atoms with Gasteiger partial charge in [0.25, 0.3) is 0 Å². The van der Waals surface area contributed by atoms with Crippen molar-refractivity contribution in [3.05, 3.63) is 72.4 Å². The van der Waals surface area contributed by atoms with Gasteiger partial charge in [0.15, 0.2) is 0 Å². The molecule has 2 aliphatic heterocycles. The molecule has 1 fully saturated rings. The third kappa shape index (κ3) is 4.52. The lowest BCUT2D eigenvalue weighted by atomic mass is 10.2. The molecule has 0 spiro atoms. The minimum absolute atomic E-state index is 0.485. The highest BCUT2D eigenvalue weighted by Gasteiger charge is 2.30. The lowest BCUT2D eigenvalue weighted by Crippen LogP contribution is -2.38. The van der Waals surface area contributed by atoms with E-state index in [-0.39, 0.29) is 0 Å². The average molecular weight is 447 g/mol. The summed E-state index contributed by atoms with van der Waals surface area (Å²) >= 11 is 0. The van der Waals surface area contributed by atoms with Crippen LogP contribution in [0.5, 0.6) is 11.6 Å². The minimum atomic E-state index is 0.485. The summed E-state index contributed by atoms with van der Waals surface area (Å²) in [7, 11) is 0. The summed E-state index contributed by atoms with van der Waals surface area (Å²) in [6.45, 7) is 3.32. The Hall–Kier alpha value is -3.89. The van der Waals surface area contributed by atoms with Gasteiger partial charge in [0.1, 0.15) is 17.4 Å². The predicted octanol–water partition coefficient (Wildman–Crippen LogP) is 2.00. The number of nitrogens with zero attached hydrogens (tertiary/aromatic N) is 6. The molecule has 33 heavy (non-hydrogen) atoms. The molecular weight excluding hydrogens is 420 g/mol. The van der Waals surface area contributed by atoms with Gasteiger partial charge in [-0.1, -0.05) is 18.2 Å². The lowest BCUT2D eigenvalue weighted by molar-refractivity contribution is 0.122. The van der Waals surface area contributed by atoms with E-state index in [4.69, 9.17) is 31.0 Å². The van der Waals surface area contributed by atoms with Crippen molar-refractivity contribution in [1.82, 2.24) is 15.0 Å². The Morgan fingerprint density at radius 3 is 2.64 bits per heavy atom. The number of hydrazine groups is 1. The maximum atomic E-state index is 6.48. The number of rotatable bonds is 6. The van der Waals surface area contributed by atoms with Crippen LogP contribution in [0, 0.1) is 0 Å². The summed E-state index contributed by atoms with van der Waals surface area (Å²) in [5.41, 5.74) is 8.21. The highest BCUT2D eigenvalue weighted by molar-refractivity contribution is 5.63. The second kappa shape index (κ2) is 9.31. The third-order valence-corrected chi connectivity index (χ3v) is 5.56. The number of anilines is 3. The lowest BCUT2D eigenvalue weighted by Gasteiger charge is -2.28. The van der Waals surface area contributed by atoms with E-state index in [0.29, 0.717) is 62.7 Å². The van der Waals surface area contributed by atoms with Gasteiger partial charge < -0.3 is 25.0 Å². The highest BCUT2D eigenvalue weighted by Crippen LogP contribution is 2.37. The first-order chi connectivity index (χ1) is 16.2. The van der Waals surface area contributed by atoms with Gasteiger partial charge >= 0.3 is 0 Å². The summed E-state index contributed by atoms with van der Waals surface area (Å²) in [6.07, 6.45) is 5.76. The number of hydrogen-bond donors (Lipinski definition) is 2. The fourth-order valence-corrected chi connectivity index (χ4v) is 3.86. The fourth-order valence-electron chi connectivity index (χ4n) is 3.86. The van der Waals surface area contributed by atoms with E-state index in [1.54, 1.807) is 18.6 Å². The monoisotopic (exact) mass is 446 g/mol. The van der Waals surface area contributed by atoms with Gasteiger partial charge in [-0.05, 0) is 30.7 Å². The molecule has 2 aromatic heterocycles. The molecule has 0 saturated carbocycles. The van der Waals surface area contributed by atoms with Crippen molar-refractivity contribution in [3.63, 3.8) is 0 Å². The third-order valence-electron chi connectivity index (χ3n) is 5.56. The number of para-hydroxylation sites is 1. The maximum absolute atomic E-state index is 6.48. The number of ether oxygens (including phenoxy) is 2. The fraction of sp³-hybridized carbons (Fsp3) is 0.261. The van der Waals surface area contributed by atoms with Gasteiger partial charge in [-0.15, -0.1) is 0 Å². The van der Waals surface area contributed by atoms with E-state index in [2.05, 4.69) is 9.88 Å². The molecule has 4 N–H and O–H groups in total. The highest BCUT2D eigenvalue weighted by atomic mass is 16.5. The smallest absolute Gasteiger partial charge is 0.230 e. The number of benzene rings is 1. The minimum Gasteiger partial charge on any atom is -0.437 e. The first kappa shape index (κ1) is 21.0. The molecule has 0 atom stereocenters. The molecule has 4 heterocycles. The largest absolute Gasteiger partial charge is 0.437 e. The number of nitrogens with two attached hydrogens (primary N) is 2. The Balaban J connectivity index is 1.50. The second-order valence-corrected chi connectivity index (χ2v) is 7.72. The van der Waals surface area contributed by atoms with Crippen molar-refractivity contribution in [2.24, 2.45) is 11.6 Å². The Morgan fingerprint density at radius 2 is 1.88 bits per heavy atom. The zero-order valence-electron chi connectivity index (χ0n) is 18.2. The van der Waals surface area contributed by atoms with Crippen molar-refractivity contribution >= 4 is 17.5 Å². The number of pyridine rings is 1. The molecule has 10 heteroatoms. The van der Waals surface area contributed by atoms with Crippen molar-refractivity contribution in [2.75, 3.05) is 47.7 Å². The van der Waals surface area contributed by atoms with E-state index in [1.165, 1.54) is 5.01 Å². The quantitative estimate of drug-likeness (QED) is 0.430. The van der Waals surface area contributed by atoms with E-state index in [9.17, 15) is 0 Å². The Bertz CT molecular complexity index is 1120. The standard InChI is InChI=1S/C23H26N8O2/c24-20(16-31(25)17-5-2-1-3-6-17)30-10-8-19-21(30)27-23(29-11-13-32-14-12-29)28-22(19)33-18-7-4-9-26-15-18/h1-7,9,15-16H,8,10-14,24-25H2/b20-16+. The molecular formula is C23H26N8O2.